The van der Waals surface area contributed by atoms with Crippen molar-refractivity contribution in [2.24, 2.45) is 7.05 Å². The topological polar surface area (TPSA) is 61.0 Å². The van der Waals surface area contributed by atoms with Crippen molar-refractivity contribution in [2.45, 2.75) is 6.92 Å². The Morgan fingerprint density at radius 2 is 2.12 bits per heavy atom. The van der Waals surface area contributed by atoms with Crippen LogP contribution in [-0.4, -0.2) is 14.7 Å². The molecule has 1 heterocycles. The minimum absolute atomic E-state index is 0.140. The van der Waals surface area contributed by atoms with Crippen LogP contribution in [0.1, 0.15) is 5.56 Å². The van der Waals surface area contributed by atoms with Crippen LogP contribution in [-0.2, 0) is 7.05 Å². The van der Waals surface area contributed by atoms with Gasteiger partial charge in [0.05, 0.1) is 11.1 Å². The van der Waals surface area contributed by atoms with Gasteiger partial charge in [-0.3, -0.25) is 14.8 Å². The summed E-state index contributed by atoms with van der Waals surface area (Å²) in [5, 5.41) is 14.8. The molecule has 0 saturated carbocycles. The number of aromatic nitrogens is 2. The molecular weight excluding hydrogens is 206 g/mol. The fourth-order valence-electron chi connectivity index (χ4n) is 1.56. The highest BCUT2D eigenvalue weighted by molar-refractivity contribution is 5.66. The van der Waals surface area contributed by atoms with Gasteiger partial charge >= 0.3 is 0 Å². The lowest BCUT2D eigenvalue weighted by Crippen LogP contribution is -1.91. The Morgan fingerprint density at radius 3 is 2.69 bits per heavy atom. The number of aryl methyl sites for hydroxylation is 2. The highest BCUT2D eigenvalue weighted by Gasteiger charge is 2.12. The third kappa shape index (κ3) is 1.79. The Hall–Kier alpha value is -2.17. The van der Waals surface area contributed by atoms with E-state index in [2.05, 4.69) is 5.10 Å². The molecule has 5 heteroatoms. The average Bonchev–Trinajstić information content (AvgIpc) is 2.65. The standard InChI is InChI=1S/C11H11N3O2/c1-8-3-4-9(5-11(8)14(15)16)10-6-12-13(2)7-10/h3-7H,1-2H3. The van der Waals surface area contributed by atoms with Crippen LogP contribution >= 0.6 is 0 Å². The number of hydrogen-bond donors (Lipinski definition) is 0. The van der Waals surface area contributed by atoms with Crippen molar-refractivity contribution in [3.05, 3.63) is 46.3 Å². The summed E-state index contributed by atoms with van der Waals surface area (Å²) in [7, 11) is 1.81. The highest BCUT2D eigenvalue weighted by atomic mass is 16.6. The molecule has 0 fully saturated rings. The monoisotopic (exact) mass is 217 g/mol. The van der Waals surface area contributed by atoms with Gasteiger partial charge < -0.3 is 0 Å². The van der Waals surface area contributed by atoms with Crippen molar-refractivity contribution in [2.75, 3.05) is 0 Å². The van der Waals surface area contributed by atoms with E-state index in [9.17, 15) is 10.1 Å². The fourth-order valence-corrected chi connectivity index (χ4v) is 1.56. The quantitative estimate of drug-likeness (QED) is 0.572. The molecule has 2 rings (SSSR count). The number of rotatable bonds is 2. The smallest absolute Gasteiger partial charge is 0.272 e. The van der Waals surface area contributed by atoms with E-state index in [1.54, 1.807) is 29.9 Å². The molecular formula is C11H11N3O2. The van der Waals surface area contributed by atoms with Gasteiger partial charge in [0.15, 0.2) is 0 Å². The summed E-state index contributed by atoms with van der Waals surface area (Å²) in [6.07, 6.45) is 3.52. The van der Waals surface area contributed by atoms with Gasteiger partial charge in [0, 0.05) is 30.4 Å². The van der Waals surface area contributed by atoms with Gasteiger partial charge in [0.2, 0.25) is 0 Å². The highest BCUT2D eigenvalue weighted by Crippen LogP contribution is 2.26. The maximum atomic E-state index is 10.8. The van der Waals surface area contributed by atoms with E-state index in [4.69, 9.17) is 0 Å². The second-order valence-corrected chi connectivity index (χ2v) is 3.66. The molecule has 1 aromatic heterocycles. The third-order valence-corrected chi connectivity index (χ3v) is 2.44. The molecule has 5 nitrogen and oxygen atoms in total. The Labute approximate surface area is 92.5 Å². The van der Waals surface area contributed by atoms with Crippen LogP contribution in [0.3, 0.4) is 0 Å². The van der Waals surface area contributed by atoms with Crippen LogP contribution in [0.25, 0.3) is 11.1 Å². The Balaban J connectivity index is 2.51. The summed E-state index contributed by atoms with van der Waals surface area (Å²) in [5.41, 5.74) is 2.50. The Morgan fingerprint density at radius 1 is 1.38 bits per heavy atom. The van der Waals surface area contributed by atoms with E-state index in [1.807, 2.05) is 19.3 Å². The van der Waals surface area contributed by atoms with Crippen LogP contribution in [0, 0.1) is 17.0 Å². The number of nitro benzene ring substituents is 1. The average molecular weight is 217 g/mol. The summed E-state index contributed by atoms with van der Waals surface area (Å²) in [6, 6.07) is 5.19. The van der Waals surface area contributed by atoms with Crippen molar-refractivity contribution < 1.29 is 4.92 Å². The van der Waals surface area contributed by atoms with E-state index in [-0.39, 0.29) is 10.6 Å². The van der Waals surface area contributed by atoms with Crippen molar-refractivity contribution in [1.29, 1.82) is 0 Å². The van der Waals surface area contributed by atoms with Crippen molar-refractivity contribution >= 4 is 5.69 Å². The molecule has 0 unspecified atom stereocenters. The van der Waals surface area contributed by atoms with Gasteiger partial charge in [0.1, 0.15) is 0 Å². The molecule has 82 valence electrons. The third-order valence-electron chi connectivity index (χ3n) is 2.44. The van der Waals surface area contributed by atoms with Gasteiger partial charge in [-0.1, -0.05) is 12.1 Å². The van der Waals surface area contributed by atoms with Crippen molar-refractivity contribution in [1.82, 2.24) is 9.78 Å². The minimum Gasteiger partial charge on any atom is -0.275 e. The number of hydrogen-bond acceptors (Lipinski definition) is 3. The zero-order chi connectivity index (χ0) is 11.7. The lowest BCUT2D eigenvalue weighted by Gasteiger charge is -2.00. The van der Waals surface area contributed by atoms with E-state index in [1.165, 1.54) is 0 Å². The molecule has 0 amide bonds. The zero-order valence-electron chi connectivity index (χ0n) is 9.04. The molecule has 0 atom stereocenters. The molecule has 0 aliphatic rings. The van der Waals surface area contributed by atoms with Crippen molar-refractivity contribution in [3.8, 4) is 11.1 Å². The SMILES string of the molecule is Cc1ccc(-c2cnn(C)c2)cc1[N+](=O)[O-]. The van der Waals surface area contributed by atoms with Crippen LogP contribution in [0.2, 0.25) is 0 Å². The van der Waals surface area contributed by atoms with E-state index in [0.29, 0.717) is 5.56 Å². The molecule has 0 radical (unpaired) electrons. The van der Waals surface area contributed by atoms with Gasteiger partial charge in [-0.15, -0.1) is 0 Å². The molecule has 16 heavy (non-hydrogen) atoms. The predicted molar refractivity (Wildman–Crippen MR) is 60.0 cm³/mol. The second kappa shape index (κ2) is 3.77. The molecule has 0 spiro atoms. The molecule has 0 bridgehead atoms. The lowest BCUT2D eigenvalue weighted by molar-refractivity contribution is -0.385. The van der Waals surface area contributed by atoms with Crippen molar-refractivity contribution in [3.63, 3.8) is 0 Å². The summed E-state index contributed by atoms with van der Waals surface area (Å²) < 4.78 is 1.67. The lowest BCUT2D eigenvalue weighted by atomic mass is 10.1. The number of nitrogens with zero attached hydrogens (tertiary/aromatic N) is 3. The fraction of sp³-hybridized carbons (Fsp3) is 0.182. The normalized spacial score (nSPS) is 10.4. The first kappa shape index (κ1) is 10.4. The summed E-state index contributed by atoms with van der Waals surface area (Å²) in [5.74, 6) is 0. The van der Waals surface area contributed by atoms with E-state index >= 15 is 0 Å². The molecule has 0 N–H and O–H groups in total. The molecule has 0 aliphatic heterocycles. The Kier molecular flexibility index (Phi) is 2.44. The van der Waals surface area contributed by atoms with Crippen LogP contribution in [0.5, 0.6) is 0 Å². The zero-order valence-corrected chi connectivity index (χ0v) is 9.04. The summed E-state index contributed by atoms with van der Waals surface area (Å²) in [6.45, 7) is 1.73. The van der Waals surface area contributed by atoms with E-state index < -0.39 is 0 Å². The maximum absolute atomic E-state index is 10.8. The van der Waals surface area contributed by atoms with Crippen LogP contribution < -0.4 is 0 Å². The Bertz CT molecular complexity index is 546. The largest absolute Gasteiger partial charge is 0.275 e. The molecule has 1 aromatic carbocycles. The van der Waals surface area contributed by atoms with Gasteiger partial charge in [-0.2, -0.15) is 5.10 Å². The van der Waals surface area contributed by atoms with Crippen LogP contribution in [0.4, 0.5) is 5.69 Å². The first-order valence-electron chi connectivity index (χ1n) is 4.82. The summed E-state index contributed by atoms with van der Waals surface area (Å²) >= 11 is 0. The molecule has 0 aliphatic carbocycles. The molecule has 2 aromatic rings. The first-order chi connectivity index (χ1) is 7.58. The number of nitro groups is 1. The van der Waals surface area contributed by atoms with Gasteiger partial charge in [0.25, 0.3) is 5.69 Å². The van der Waals surface area contributed by atoms with Crippen LogP contribution in [0.15, 0.2) is 30.6 Å². The first-order valence-corrected chi connectivity index (χ1v) is 4.82. The van der Waals surface area contributed by atoms with Gasteiger partial charge in [-0.05, 0) is 12.5 Å². The number of benzene rings is 1. The minimum atomic E-state index is -0.366. The summed E-state index contributed by atoms with van der Waals surface area (Å²) in [4.78, 5) is 10.4. The molecule has 0 saturated heterocycles. The maximum Gasteiger partial charge on any atom is 0.272 e. The van der Waals surface area contributed by atoms with Gasteiger partial charge in [-0.25, -0.2) is 0 Å². The predicted octanol–water partition coefficient (Wildman–Crippen LogP) is 2.30. The second-order valence-electron chi connectivity index (χ2n) is 3.66. The van der Waals surface area contributed by atoms with E-state index in [0.717, 1.165) is 11.1 Å².